The molecule has 1 aliphatic heterocycles. The molecule has 38 heavy (non-hydrogen) atoms. The van der Waals surface area contributed by atoms with Crippen molar-refractivity contribution in [3.63, 3.8) is 0 Å². The second kappa shape index (κ2) is 12.2. The van der Waals surface area contributed by atoms with E-state index in [-0.39, 0.29) is 13.0 Å². The van der Waals surface area contributed by atoms with Crippen LogP contribution in [0.1, 0.15) is 35.6 Å². The van der Waals surface area contributed by atoms with Crippen molar-refractivity contribution in [3.8, 4) is 0 Å². The summed E-state index contributed by atoms with van der Waals surface area (Å²) in [4.78, 5) is 38.6. The molecule has 198 valence electrons. The zero-order chi connectivity index (χ0) is 27.2. The molecule has 2 unspecified atom stereocenters. The average molecular weight is 580 g/mol. The fourth-order valence-electron chi connectivity index (χ4n) is 4.51. The summed E-state index contributed by atoms with van der Waals surface area (Å²) in [5.41, 5.74) is 5.48. The van der Waals surface area contributed by atoms with Crippen LogP contribution in [0.15, 0.2) is 77.3 Å². The lowest BCUT2D eigenvalue weighted by Crippen LogP contribution is -2.58. The average Bonchev–Trinajstić information content (AvgIpc) is 3.66. The molecule has 4 N–H and O–H groups in total. The molecule has 9 heteroatoms. The number of halogens is 1. The third-order valence-electron chi connectivity index (χ3n) is 6.54. The van der Waals surface area contributed by atoms with Crippen molar-refractivity contribution >= 4 is 39.5 Å². The molecule has 3 atom stereocenters. The topological polar surface area (TPSA) is 119 Å². The molecule has 0 radical (unpaired) electrons. The molecule has 1 heterocycles. The van der Waals surface area contributed by atoms with Gasteiger partial charge in [-0.2, -0.15) is 0 Å². The highest BCUT2D eigenvalue weighted by atomic mass is 79.9. The number of nitrogens with one attached hydrogen (secondary N) is 2. The molecule has 5 rings (SSSR count). The van der Waals surface area contributed by atoms with Gasteiger partial charge in [0.15, 0.2) is 0 Å². The van der Waals surface area contributed by atoms with E-state index in [9.17, 15) is 24.6 Å². The fourth-order valence-corrected chi connectivity index (χ4v) is 4.91. The van der Waals surface area contributed by atoms with Crippen LogP contribution in [-0.2, 0) is 29.0 Å². The highest BCUT2D eigenvalue weighted by Crippen LogP contribution is 2.27. The van der Waals surface area contributed by atoms with Gasteiger partial charge in [-0.15, -0.1) is 0 Å². The predicted molar refractivity (Wildman–Crippen MR) is 148 cm³/mol. The van der Waals surface area contributed by atoms with Gasteiger partial charge in [-0.1, -0.05) is 70.5 Å². The van der Waals surface area contributed by atoms with Gasteiger partial charge in [-0.05, 0) is 60.2 Å². The Morgan fingerprint density at radius 3 is 2.18 bits per heavy atom. The Morgan fingerprint density at radius 1 is 0.974 bits per heavy atom. The molecule has 0 saturated heterocycles. The van der Waals surface area contributed by atoms with Crippen molar-refractivity contribution in [1.82, 2.24) is 10.2 Å². The van der Waals surface area contributed by atoms with Gasteiger partial charge in [0.05, 0.1) is 12.5 Å². The molecule has 2 aliphatic rings. The number of nitrogens with zero attached hydrogens (tertiary/aromatic N) is 1. The lowest BCUT2D eigenvalue weighted by molar-refractivity contribution is -0.143. The highest BCUT2D eigenvalue weighted by Gasteiger charge is 2.37. The highest BCUT2D eigenvalue weighted by molar-refractivity contribution is 9.10. The van der Waals surface area contributed by atoms with Gasteiger partial charge in [0, 0.05) is 22.7 Å². The van der Waals surface area contributed by atoms with E-state index in [0.717, 1.165) is 15.6 Å². The lowest BCUT2D eigenvalue weighted by atomic mass is 9.91. The molecule has 0 bridgehead atoms. The summed E-state index contributed by atoms with van der Waals surface area (Å²) < 4.78 is 0.775. The molecule has 3 aromatic carbocycles. The van der Waals surface area contributed by atoms with Gasteiger partial charge < -0.3 is 25.7 Å². The van der Waals surface area contributed by atoms with Crippen LogP contribution in [0, 0.1) is 0 Å². The smallest absolute Gasteiger partial charge is 0.319 e. The van der Waals surface area contributed by atoms with Crippen LogP contribution in [0.4, 0.5) is 10.5 Å². The third-order valence-corrected chi connectivity index (χ3v) is 7.03. The Hall–Kier alpha value is -3.69. The van der Waals surface area contributed by atoms with E-state index in [1.165, 1.54) is 29.4 Å². The molecule has 0 saturated carbocycles. The Kier molecular flexibility index (Phi) is 8.81. The summed E-state index contributed by atoms with van der Waals surface area (Å²) in [6, 6.07) is 20.6. The maximum Gasteiger partial charge on any atom is 0.319 e. The van der Waals surface area contributed by atoms with E-state index in [0.29, 0.717) is 12.1 Å². The van der Waals surface area contributed by atoms with Gasteiger partial charge in [0.25, 0.3) is 0 Å². The number of fused-ring (bicyclic) bond motifs is 2. The van der Waals surface area contributed by atoms with E-state index in [1.807, 2.05) is 30.3 Å². The zero-order valence-corrected chi connectivity index (χ0v) is 22.5. The van der Waals surface area contributed by atoms with Gasteiger partial charge in [0.1, 0.15) is 6.04 Å². The van der Waals surface area contributed by atoms with Crippen LogP contribution in [0.25, 0.3) is 0 Å². The van der Waals surface area contributed by atoms with Crippen molar-refractivity contribution in [1.29, 1.82) is 0 Å². The molecule has 0 fully saturated rings. The van der Waals surface area contributed by atoms with Crippen molar-refractivity contribution in [2.45, 2.75) is 50.9 Å². The largest absolute Gasteiger partial charge is 0.481 e. The Labute approximate surface area is 229 Å². The maximum absolute atomic E-state index is 13.3. The Morgan fingerprint density at radius 2 is 1.61 bits per heavy atom. The first kappa shape index (κ1) is 27.3. The minimum atomic E-state index is -1.23. The molecular formula is C29H30BrN3O5. The standard InChI is InChI=1S/C22H24BrN3O5.C7H6/c1-13(27)20(25-22(31)24-17-8-4-7-16(23)10-17)21(30)26-12-15-6-3-2-5-14(15)9-18(26)11-19(28)29;1-2-4-7-5-6(7)3-1/h2-8,10,13,18,20,27H,9,11-12H2,1H3,(H,28,29)(H2,24,25,31);1-4H,5H2/t13?,18-,20?;/m1./s1. The quantitative estimate of drug-likeness (QED) is 0.271. The van der Waals surface area contributed by atoms with Crippen molar-refractivity contribution in [2.75, 3.05) is 5.32 Å². The zero-order valence-electron chi connectivity index (χ0n) is 20.9. The number of aliphatic hydroxyl groups excluding tert-OH is 1. The molecule has 3 aromatic rings. The van der Waals surface area contributed by atoms with E-state index in [4.69, 9.17) is 0 Å². The molecule has 8 nitrogen and oxygen atoms in total. The summed E-state index contributed by atoms with van der Waals surface area (Å²) in [6.07, 6.45) is 0.234. The molecular weight excluding hydrogens is 550 g/mol. The maximum atomic E-state index is 13.3. The first-order chi connectivity index (χ1) is 18.2. The lowest BCUT2D eigenvalue weighted by Gasteiger charge is -2.39. The predicted octanol–water partition coefficient (Wildman–Crippen LogP) is 4.34. The monoisotopic (exact) mass is 579 g/mol. The minimum absolute atomic E-state index is 0.213. The number of aliphatic hydroxyl groups is 1. The van der Waals surface area contributed by atoms with E-state index in [2.05, 4.69) is 50.8 Å². The molecule has 0 aromatic heterocycles. The van der Waals surface area contributed by atoms with E-state index in [1.54, 1.807) is 18.2 Å². The van der Waals surface area contributed by atoms with E-state index < -0.39 is 36.1 Å². The number of urea groups is 1. The number of carboxylic acids is 1. The minimum Gasteiger partial charge on any atom is -0.481 e. The number of aliphatic carboxylic acids is 1. The van der Waals surface area contributed by atoms with Crippen molar-refractivity contribution < 1.29 is 24.6 Å². The first-order valence-corrected chi connectivity index (χ1v) is 13.2. The van der Waals surface area contributed by atoms with Gasteiger partial charge in [0.2, 0.25) is 5.91 Å². The van der Waals surface area contributed by atoms with Crippen LogP contribution in [0.2, 0.25) is 0 Å². The van der Waals surface area contributed by atoms with Crippen LogP contribution in [0.5, 0.6) is 0 Å². The number of carbonyl (C=O) groups excluding carboxylic acids is 2. The summed E-state index contributed by atoms with van der Waals surface area (Å²) in [5, 5.41) is 24.7. The summed E-state index contributed by atoms with van der Waals surface area (Å²) in [7, 11) is 0. The Bertz CT molecular complexity index is 1310. The number of rotatable bonds is 6. The molecule has 1 aliphatic carbocycles. The normalized spacial score (nSPS) is 16.5. The molecule has 3 amide bonds. The number of amides is 3. The van der Waals surface area contributed by atoms with Crippen LogP contribution < -0.4 is 10.6 Å². The van der Waals surface area contributed by atoms with Gasteiger partial charge in [-0.25, -0.2) is 4.79 Å². The summed E-state index contributed by atoms with van der Waals surface area (Å²) in [6.45, 7) is 1.62. The number of hydrogen-bond acceptors (Lipinski definition) is 4. The second-order valence-electron chi connectivity index (χ2n) is 9.46. The summed E-state index contributed by atoms with van der Waals surface area (Å²) in [5.74, 6) is -1.55. The SMILES string of the molecule is CC(O)C(NC(=O)Nc1cccc(Br)c1)C(=O)N1Cc2ccccc2C[C@@H]1CC(=O)O.c1ccc2c(c1)C2. The number of anilines is 1. The second-order valence-corrected chi connectivity index (χ2v) is 10.4. The van der Waals surface area contributed by atoms with Crippen molar-refractivity contribution in [3.05, 3.63) is 99.5 Å². The molecule has 0 spiro atoms. The summed E-state index contributed by atoms with van der Waals surface area (Å²) >= 11 is 3.32. The van der Waals surface area contributed by atoms with Crippen LogP contribution in [0.3, 0.4) is 0 Å². The number of carbonyl (C=O) groups is 3. The van der Waals surface area contributed by atoms with Gasteiger partial charge in [-0.3, -0.25) is 9.59 Å². The number of benzene rings is 3. The van der Waals surface area contributed by atoms with Gasteiger partial charge >= 0.3 is 12.0 Å². The van der Waals surface area contributed by atoms with E-state index >= 15 is 0 Å². The van der Waals surface area contributed by atoms with Crippen LogP contribution in [-0.4, -0.2) is 51.2 Å². The first-order valence-electron chi connectivity index (χ1n) is 12.4. The Balaban J connectivity index is 0.000000408. The van der Waals surface area contributed by atoms with Crippen LogP contribution >= 0.6 is 15.9 Å². The number of hydrogen-bond donors (Lipinski definition) is 4. The van der Waals surface area contributed by atoms with Crippen molar-refractivity contribution in [2.24, 2.45) is 0 Å². The number of carboxylic acid groups (broad SMARTS) is 1. The fraction of sp³-hybridized carbons (Fsp3) is 0.276. The third kappa shape index (κ3) is 7.20.